The number of carbonyl (C=O) groups is 2. The largest absolute Gasteiger partial charge is 0.494 e. The van der Waals surface area contributed by atoms with Gasteiger partial charge in [-0.2, -0.15) is 0 Å². The van der Waals surface area contributed by atoms with E-state index in [0.717, 1.165) is 17.7 Å². The van der Waals surface area contributed by atoms with E-state index in [4.69, 9.17) is 9.47 Å². The average molecular weight is 394 g/mol. The first kappa shape index (κ1) is 20.5. The van der Waals surface area contributed by atoms with Crippen LogP contribution in [-0.4, -0.2) is 37.6 Å². The molecular formula is C23H26N2O4. The summed E-state index contributed by atoms with van der Waals surface area (Å²) in [6, 6.07) is 14.8. The van der Waals surface area contributed by atoms with Crippen LogP contribution in [0, 0.1) is 0 Å². The molecule has 0 saturated carbocycles. The molecule has 3 rings (SSSR count). The van der Waals surface area contributed by atoms with E-state index in [-0.39, 0.29) is 18.4 Å². The number of amides is 2. The molecule has 0 saturated heterocycles. The van der Waals surface area contributed by atoms with E-state index in [0.29, 0.717) is 24.6 Å². The molecule has 29 heavy (non-hydrogen) atoms. The van der Waals surface area contributed by atoms with E-state index in [1.165, 1.54) is 6.08 Å². The summed E-state index contributed by atoms with van der Waals surface area (Å²) in [5, 5.41) is 2.83. The number of fused-ring (bicyclic) bond motifs is 1. The molecule has 0 spiro atoms. The van der Waals surface area contributed by atoms with Gasteiger partial charge in [-0.05, 0) is 49.2 Å². The zero-order chi connectivity index (χ0) is 20.6. The molecule has 2 aromatic rings. The highest BCUT2D eigenvalue weighted by Crippen LogP contribution is 2.33. The number of para-hydroxylation sites is 2. The summed E-state index contributed by atoms with van der Waals surface area (Å²) < 4.78 is 11.3. The summed E-state index contributed by atoms with van der Waals surface area (Å²) in [7, 11) is 0. The minimum Gasteiger partial charge on any atom is -0.494 e. The standard InChI is InChI=1S/C23H26N2O4/c1-3-15-24-23(27)21-16-25(19-7-5-6-8-20(19)29-21)22(26)14-11-17-9-12-18(13-10-17)28-4-2/h5-14,21H,3-4,15-16H2,1-2H3,(H,24,27)/b14-11+/t21-/m1/s1. The smallest absolute Gasteiger partial charge is 0.262 e. The van der Waals surface area contributed by atoms with Crippen LogP contribution in [0.15, 0.2) is 54.6 Å². The van der Waals surface area contributed by atoms with Crippen molar-refractivity contribution in [1.82, 2.24) is 5.32 Å². The number of ether oxygens (including phenoxy) is 2. The molecular weight excluding hydrogens is 368 g/mol. The van der Waals surface area contributed by atoms with E-state index in [1.54, 1.807) is 17.0 Å². The molecule has 2 amide bonds. The molecule has 0 aliphatic carbocycles. The van der Waals surface area contributed by atoms with Crippen LogP contribution in [0.5, 0.6) is 11.5 Å². The van der Waals surface area contributed by atoms with Gasteiger partial charge in [-0.3, -0.25) is 9.59 Å². The van der Waals surface area contributed by atoms with Crippen LogP contribution in [-0.2, 0) is 9.59 Å². The van der Waals surface area contributed by atoms with Gasteiger partial charge in [0.05, 0.1) is 18.8 Å². The second-order valence-electron chi connectivity index (χ2n) is 6.65. The Morgan fingerprint density at radius 3 is 2.66 bits per heavy atom. The topological polar surface area (TPSA) is 67.9 Å². The van der Waals surface area contributed by atoms with Gasteiger partial charge in [-0.25, -0.2) is 0 Å². The highest BCUT2D eigenvalue weighted by molar-refractivity contribution is 6.05. The quantitative estimate of drug-likeness (QED) is 0.731. The normalized spacial score (nSPS) is 15.5. The lowest BCUT2D eigenvalue weighted by atomic mass is 10.1. The zero-order valence-electron chi connectivity index (χ0n) is 16.8. The van der Waals surface area contributed by atoms with Gasteiger partial charge in [-0.15, -0.1) is 0 Å². The van der Waals surface area contributed by atoms with Gasteiger partial charge in [-0.1, -0.05) is 31.2 Å². The molecule has 0 aromatic heterocycles. The first-order valence-corrected chi connectivity index (χ1v) is 9.88. The molecule has 1 atom stereocenters. The number of anilines is 1. The van der Waals surface area contributed by atoms with Gasteiger partial charge in [0.15, 0.2) is 6.10 Å². The summed E-state index contributed by atoms with van der Waals surface area (Å²) in [4.78, 5) is 26.9. The zero-order valence-corrected chi connectivity index (χ0v) is 16.8. The van der Waals surface area contributed by atoms with Crippen LogP contribution in [0.4, 0.5) is 5.69 Å². The maximum Gasteiger partial charge on any atom is 0.262 e. The lowest BCUT2D eigenvalue weighted by molar-refractivity contribution is -0.128. The van der Waals surface area contributed by atoms with Gasteiger partial charge >= 0.3 is 0 Å². The molecule has 1 heterocycles. The van der Waals surface area contributed by atoms with E-state index >= 15 is 0 Å². The van der Waals surface area contributed by atoms with Crippen LogP contribution in [0.1, 0.15) is 25.8 Å². The third-order valence-electron chi connectivity index (χ3n) is 4.49. The third kappa shape index (κ3) is 5.16. The Bertz CT molecular complexity index is 877. The lowest BCUT2D eigenvalue weighted by Gasteiger charge is -2.33. The molecule has 2 aromatic carbocycles. The predicted octanol–water partition coefficient (Wildman–Crippen LogP) is 3.42. The van der Waals surface area contributed by atoms with Crippen molar-refractivity contribution < 1.29 is 19.1 Å². The number of hydrogen-bond donors (Lipinski definition) is 1. The Balaban J connectivity index is 1.76. The maximum absolute atomic E-state index is 12.9. The van der Waals surface area contributed by atoms with Crippen LogP contribution < -0.4 is 19.7 Å². The Labute approximate surface area is 171 Å². The first-order valence-electron chi connectivity index (χ1n) is 9.88. The van der Waals surface area contributed by atoms with E-state index < -0.39 is 6.10 Å². The Morgan fingerprint density at radius 2 is 1.93 bits per heavy atom. The second-order valence-corrected chi connectivity index (χ2v) is 6.65. The van der Waals surface area contributed by atoms with E-state index in [9.17, 15) is 9.59 Å². The summed E-state index contributed by atoms with van der Waals surface area (Å²) in [6.45, 7) is 5.27. The molecule has 152 valence electrons. The minimum atomic E-state index is -0.737. The van der Waals surface area contributed by atoms with Gasteiger partial charge in [0, 0.05) is 12.6 Å². The van der Waals surface area contributed by atoms with Crippen molar-refractivity contribution in [2.75, 3.05) is 24.6 Å². The lowest BCUT2D eigenvalue weighted by Crippen LogP contribution is -2.50. The van der Waals surface area contributed by atoms with Crippen LogP contribution >= 0.6 is 0 Å². The second kappa shape index (κ2) is 9.78. The first-order chi connectivity index (χ1) is 14.1. The number of hydrogen-bond acceptors (Lipinski definition) is 4. The fraction of sp³-hybridized carbons (Fsp3) is 0.304. The van der Waals surface area contributed by atoms with Gasteiger partial charge in [0.1, 0.15) is 11.5 Å². The highest BCUT2D eigenvalue weighted by Gasteiger charge is 2.32. The summed E-state index contributed by atoms with van der Waals surface area (Å²) in [6.07, 6.45) is 3.36. The number of benzene rings is 2. The van der Waals surface area contributed by atoms with Gasteiger partial charge in [0.2, 0.25) is 0 Å². The highest BCUT2D eigenvalue weighted by atomic mass is 16.5. The Morgan fingerprint density at radius 1 is 1.17 bits per heavy atom. The summed E-state index contributed by atoms with van der Waals surface area (Å²) in [5.74, 6) is 0.898. The van der Waals surface area contributed by atoms with Crippen molar-refractivity contribution in [3.8, 4) is 11.5 Å². The van der Waals surface area contributed by atoms with E-state index in [2.05, 4.69) is 5.32 Å². The van der Waals surface area contributed by atoms with Gasteiger partial charge < -0.3 is 19.7 Å². The fourth-order valence-corrected chi connectivity index (χ4v) is 3.04. The number of carbonyl (C=O) groups excluding carboxylic acids is 2. The van der Waals surface area contributed by atoms with Crippen molar-refractivity contribution >= 4 is 23.6 Å². The summed E-state index contributed by atoms with van der Waals surface area (Å²) in [5.41, 5.74) is 1.55. The molecule has 0 bridgehead atoms. The molecule has 6 nitrogen and oxygen atoms in total. The van der Waals surface area contributed by atoms with Crippen molar-refractivity contribution in [3.63, 3.8) is 0 Å². The number of nitrogens with one attached hydrogen (secondary N) is 1. The van der Waals surface area contributed by atoms with Crippen molar-refractivity contribution in [1.29, 1.82) is 0 Å². The fourth-order valence-electron chi connectivity index (χ4n) is 3.04. The minimum absolute atomic E-state index is 0.166. The predicted molar refractivity (Wildman–Crippen MR) is 113 cm³/mol. The van der Waals surface area contributed by atoms with E-state index in [1.807, 2.05) is 56.3 Å². The van der Waals surface area contributed by atoms with Crippen LogP contribution in [0.3, 0.4) is 0 Å². The molecule has 1 aliphatic rings. The molecule has 1 aliphatic heterocycles. The monoisotopic (exact) mass is 394 g/mol. The van der Waals surface area contributed by atoms with Gasteiger partial charge in [0.25, 0.3) is 11.8 Å². The van der Waals surface area contributed by atoms with Crippen LogP contribution in [0.25, 0.3) is 6.08 Å². The molecule has 0 radical (unpaired) electrons. The van der Waals surface area contributed by atoms with Crippen molar-refractivity contribution in [2.24, 2.45) is 0 Å². The van der Waals surface area contributed by atoms with Crippen LogP contribution in [0.2, 0.25) is 0 Å². The molecule has 6 heteroatoms. The molecule has 1 N–H and O–H groups in total. The van der Waals surface area contributed by atoms with Crippen molar-refractivity contribution in [3.05, 3.63) is 60.2 Å². The Kier molecular flexibility index (Phi) is 6.89. The number of rotatable bonds is 7. The number of nitrogens with zero attached hydrogens (tertiary/aromatic N) is 1. The van der Waals surface area contributed by atoms with Crippen molar-refractivity contribution in [2.45, 2.75) is 26.4 Å². The average Bonchev–Trinajstić information content (AvgIpc) is 2.76. The SMILES string of the molecule is CCCNC(=O)[C@H]1CN(C(=O)/C=C/c2ccc(OCC)cc2)c2ccccc2O1. The maximum atomic E-state index is 12.9. The summed E-state index contributed by atoms with van der Waals surface area (Å²) >= 11 is 0. The third-order valence-corrected chi connectivity index (χ3v) is 4.49. The Hall–Kier alpha value is -3.28. The molecule has 0 fully saturated rings. The molecule has 0 unspecified atom stereocenters.